The van der Waals surface area contributed by atoms with Crippen molar-refractivity contribution in [3.05, 3.63) is 11.4 Å². The second-order valence-corrected chi connectivity index (χ2v) is 4.32. The zero-order valence-corrected chi connectivity index (χ0v) is 10.7. The first-order valence-electron chi connectivity index (χ1n) is 5.91. The van der Waals surface area contributed by atoms with Crippen LogP contribution in [0, 0.1) is 13.8 Å². The molecule has 1 rings (SSSR count). The lowest BCUT2D eigenvalue weighted by atomic mass is 10.1. The Hall–Kier alpha value is -1.32. The molecule has 0 saturated heterocycles. The van der Waals surface area contributed by atoms with E-state index in [1.54, 1.807) is 0 Å². The van der Waals surface area contributed by atoms with Gasteiger partial charge in [-0.3, -0.25) is 0 Å². The van der Waals surface area contributed by atoms with Crippen LogP contribution < -0.4 is 11.1 Å². The normalized spacial score (nSPS) is 12.5. The number of aryl methyl sites for hydroxylation is 1. The molecule has 1 aromatic rings. The summed E-state index contributed by atoms with van der Waals surface area (Å²) in [4.78, 5) is 8.51. The highest BCUT2D eigenvalue weighted by Gasteiger charge is 2.09. The van der Waals surface area contributed by atoms with Crippen LogP contribution in [-0.4, -0.2) is 16.0 Å². The van der Waals surface area contributed by atoms with E-state index in [0.717, 1.165) is 17.8 Å². The summed E-state index contributed by atoms with van der Waals surface area (Å²) in [6.07, 6.45) is 3.60. The predicted molar refractivity (Wildman–Crippen MR) is 68.5 cm³/mol. The van der Waals surface area contributed by atoms with Crippen LogP contribution in [0.4, 0.5) is 11.6 Å². The van der Waals surface area contributed by atoms with Crippen molar-refractivity contribution in [1.82, 2.24) is 9.97 Å². The van der Waals surface area contributed by atoms with Gasteiger partial charge < -0.3 is 11.1 Å². The highest BCUT2D eigenvalue weighted by Crippen LogP contribution is 2.18. The number of unbranched alkanes of at least 4 members (excludes halogenated alkanes) is 1. The number of hydrogen-bond donors (Lipinski definition) is 2. The van der Waals surface area contributed by atoms with E-state index in [0.29, 0.717) is 17.7 Å². The summed E-state index contributed by atoms with van der Waals surface area (Å²) in [5.41, 5.74) is 6.75. The Labute approximate surface area is 97.7 Å². The third-order valence-electron chi connectivity index (χ3n) is 2.67. The maximum atomic E-state index is 5.81. The van der Waals surface area contributed by atoms with E-state index in [1.807, 2.05) is 13.8 Å². The number of nitrogens with zero attached hydrogens (tertiary/aromatic N) is 2. The summed E-state index contributed by atoms with van der Waals surface area (Å²) < 4.78 is 0. The molecule has 16 heavy (non-hydrogen) atoms. The summed E-state index contributed by atoms with van der Waals surface area (Å²) in [5, 5.41) is 3.40. The molecule has 0 saturated carbocycles. The van der Waals surface area contributed by atoms with Gasteiger partial charge in [0.15, 0.2) is 0 Å². The molecule has 0 aliphatic heterocycles. The Kier molecular flexibility index (Phi) is 4.52. The summed E-state index contributed by atoms with van der Waals surface area (Å²) in [7, 11) is 0. The van der Waals surface area contributed by atoms with E-state index in [9.17, 15) is 0 Å². The molecule has 0 amide bonds. The zero-order valence-electron chi connectivity index (χ0n) is 10.7. The number of nitrogen functional groups attached to an aromatic ring is 1. The van der Waals surface area contributed by atoms with Crippen molar-refractivity contribution in [3.63, 3.8) is 0 Å². The van der Waals surface area contributed by atoms with Gasteiger partial charge in [0.2, 0.25) is 0 Å². The van der Waals surface area contributed by atoms with Crippen LogP contribution in [0.1, 0.15) is 44.5 Å². The van der Waals surface area contributed by atoms with Crippen molar-refractivity contribution in [2.45, 2.75) is 53.0 Å². The third-order valence-corrected chi connectivity index (χ3v) is 2.67. The molecule has 0 bridgehead atoms. The summed E-state index contributed by atoms with van der Waals surface area (Å²) in [6.45, 7) is 8.18. The van der Waals surface area contributed by atoms with Gasteiger partial charge in [-0.2, -0.15) is 0 Å². The molecule has 90 valence electrons. The number of hydrogen-bond acceptors (Lipinski definition) is 4. The second kappa shape index (κ2) is 5.68. The Morgan fingerprint density at radius 2 is 2.00 bits per heavy atom. The van der Waals surface area contributed by atoms with Gasteiger partial charge in [0.1, 0.15) is 17.5 Å². The fourth-order valence-electron chi connectivity index (χ4n) is 1.61. The SMILES string of the molecule is CCCCC(C)Nc1nc(C)nc(N)c1C. The van der Waals surface area contributed by atoms with E-state index >= 15 is 0 Å². The van der Waals surface area contributed by atoms with E-state index in [-0.39, 0.29) is 0 Å². The van der Waals surface area contributed by atoms with Crippen LogP contribution in [0.5, 0.6) is 0 Å². The average Bonchev–Trinajstić information content (AvgIpc) is 2.22. The predicted octanol–water partition coefficient (Wildman–Crippen LogP) is 2.67. The minimum absolute atomic E-state index is 0.423. The van der Waals surface area contributed by atoms with Crippen LogP contribution in [-0.2, 0) is 0 Å². The molecule has 1 unspecified atom stereocenters. The molecular formula is C12H22N4. The molecule has 0 aliphatic carbocycles. The van der Waals surface area contributed by atoms with Crippen molar-refractivity contribution in [2.75, 3.05) is 11.1 Å². The maximum Gasteiger partial charge on any atom is 0.134 e. The molecule has 4 heteroatoms. The van der Waals surface area contributed by atoms with E-state index in [1.165, 1.54) is 12.8 Å². The fourth-order valence-corrected chi connectivity index (χ4v) is 1.61. The van der Waals surface area contributed by atoms with Crippen LogP contribution in [0.15, 0.2) is 0 Å². The lowest BCUT2D eigenvalue weighted by Crippen LogP contribution is -2.18. The van der Waals surface area contributed by atoms with Crippen molar-refractivity contribution in [3.8, 4) is 0 Å². The molecule has 1 aromatic heterocycles. The minimum atomic E-state index is 0.423. The van der Waals surface area contributed by atoms with E-state index in [4.69, 9.17) is 5.73 Å². The molecular weight excluding hydrogens is 200 g/mol. The van der Waals surface area contributed by atoms with Crippen LogP contribution in [0.25, 0.3) is 0 Å². The van der Waals surface area contributed by atoms with Crippen LogP contribution in [0.2, 0.25) is 0 Å². The zero-order chi connectivity index (χ0) is 12.1. The summed E-state index contributed by atoms with van der Waals surface area (Å²) >= 11 is 0. The number of rotatable bonds is 5. The van der Waals surface area contributed by atoms with Crippen molar-refractivity contribution in [1.29, 1.82) is 0 Å². The van der Waals surface area contributed by atoms with Crippen molar-refractivity contribution >= 4 is 11.6 Å². The Morgan fingerprint density at radius 1 is 1.31 bits per heavy atom. The molecule has 1 atom stereocenters. The molecule has 0 spiro atoms. The third kappa shape index (κ3) is 3.36. The first-order chi connectivity index (χ1) is 7.54. The van der Waals surface area contributed by atoms with Gasteiger partial charge in [0.25, 0.3) is 0 Å². The van der Waals surface area contributed by atoms with Gasteiger partial charge in [-0.1, -0.05) is 19.8 Å². The van der Waals surface area contributed by atoms with E-state index in [2.05, 4.69) is 29.1 Å². The highest BCUT2D eigenvalue weighted by atomic mass is 15.1. The molecule has 0 aromatic carbocycles. The maximum absolute atomic E-state index is 5.81. The molecule has 1 heterocycles. The molecule has 3 N–H and O–H groups in total. The highest BCUT2D eigenvalue weighted by molar-refractivity contribution is 5.55. The van der Waals surface area contributed by atoms with Gasteiger partial charge in [-0.25, -0.2) is 9.97 Å². The molecule has 0 radical (unpaired) electrons. The number of nitrogens with two attached hydrogens (primary N) is 1. The number of nitrogens with one attached hydrogen (secondary N) is 1. The second-order valence-electron chi connectivity index (χ2n) is 4.32. The number of aromatic nitrogens is 2. The topological polar surface area (TPSA) is 63.8 Å². The first-order valence-corrected chi connectivity index (χ1v) is 5.91. The van der Waals surface area contributed by atoms with Gasteiger partial charge in [0, 0.05) is 11.6 Å². The Morgan fingerprint density at radius 3 is 2.62 bits per heavy atom. The lowest BCUT2D eigenvalue weighted by Gasteiger charge is -2.16. The largest absolute Gasteiger partial charge is 0.383 e. The lowest BCUT2D eigenvalue weighted by molar-refractivity contribution is 0.642. The van der Waals surface area contributed by atoms with E-state index < -0.39 is 0 Å². The van der Waals surface area contributed by atoms with Crippen molar-refractivity contribution in [2.24, 2.45) is 0 Å². The quantitative estimate of drug-likeness (QED) is 0.804. The summed E-state index contributed by atoms with van der Waals surface area (Å²) in [5.74, 6) is 2.15. The monoisotopic (exact) mass is 222 g/mol. The standard InChI is InChI=1S/C12H22N4/c1-5-6-7-8(2)14-12-9(3)11(13)15-10(4)16-12/h8H,5-7H2,1-4H3,(H3,13,14,15,16). The Bertz CT molecular complexity index is 349. The Balaban J connectivity index is 2.72. The van der Waals surface area contributed by atoms with Gasteiger partial charge in [-0.15, -0.1) is 0 Å². The smallest absolute Gasteiger partial charge is 0.134 e. The fraction of sp³-hybridized carbons (Fsp3) is 0.667. The molecule has 0 aliphatic rings. The average molecular weight is 222 g/mol. The van der Waals surface area contributed by atoms with Crippen LogP contribution in [0.3, 0.4) is 0 Å². The van der Waals surface area contributed by atoms with Gasteiger partial charge in [-0.05, 0) is 27.2 Å². The van der Waals surface area contributed by atoms with Gasteiger partial charge in [0.05, 0.1) is 0 Å². The number of anilines is 2. The molecule has 0 fully saturated rings. The van der Waals surface area contributed by atoms with Gasteiger partial charge >= 0.3 is 0 Å². The minimum Gasteiger partial charge on any atom is -0.383 e. The summed E-state index contributed by atoms with van der Waals surface area (Å²) in [6, 6.07) is 0.423. The van der Waals surface area contributed by atoms with Crippen LogP contribution >= 0.6 is 0 Å². The first kappa shape index (κ1) is 12.7. The van der Waals surface area contributed by atoms with Crippen molar-refractivity contribution < 1.29 is 0 Å². The molecule has 4 nitrogen and oxygen atoms in total.